The number of amides is 3. The molecule has 6 heterocycles. The average Bonchev–Trinajstić information content (AvgIpc) is 3.81. The van der Waals surface area contributed by atoms with Gasteiger partial charge in [0.2, 0.25) is 11.8 Å². The van der Waals surface area contributed by atoms with E-state index in [1.165, 1.54) is 22.8 Å². The van der Waals surface area contributed by atoms with Gasteiger partial charge in [0.15, 0.2) is 0 Å². The molecule has 8 rings (SSSR count). The van der Waals surface area contributed by atoms with Crippen LogP contribution in [0.4, 0.5) is 14.5 Å². The first kappa shape index (κ1) is 38.3. The first-order valence-electron chi connectivity index (χ1n) is 19.6. The molecule has 3 aliphatic rings. The third-order valence-electron chi connectivity index (χ3n) is 11.8. The minimum atomic E-state index is -1.26. The number of halogens is 2. The van der Waals surface area contributed by atoms with E-state index < -0.39 is 40.9 Å². The molecule has 5 aromatic rings. The van der Waals surface area contributed by atoms with Gasteiger partial charge < -0.3 is 20.2 Å². The number of nitrogens with zero attached hydrogens (tertiary/aromatic N) is 7. The van der Waals surface area contributed by atoms with Crippen LogP contribution >= 0.6 is 0 Å². The molecule has 3 fully saturated rings. The third-order valence-corrected chi connectivity index (χ3v) is 11.8. The molecule has 1 atom stereocenters. The molecule has 0 bridgehead atoms. The fourth-order valence-electron chi connectivity index (χ4n) is 8.70. The predicted octanol–water partition coefficient (Wildman–Crippen LogP) is 5.18. The van der Waals surface area contributed by atoms with Crippen LogP contribution in [-0.4, -0.2) is 90.8 Å². The molecule has 3 saturated heterocycles. The van der Waals surface area contributed by atoms with Gasteiger partial charge in [-0.3, -0.25) is 24.4 Å². The summed E-state index contributed by atoms with van der Waals surface area (Å²) in [6.45, 7) is 7.71. The lowest BCUT2D eigenvalue weighted by molar-refractivity contribution is -0.134. The van der Waals surface area contributed by atoms with E-state index in [1.54, 1.807) is 32.0 Å². The second-order valence-electron chi connectivity index (χ2n) is 16.1. The summed E-state index contributed by atoms with van der Waals surface area (Å²) < 4.78 is 33.6. The topological polar surface area (TPSA) is 161 Å². The van der Waals surface area contributed by atoms with Gasteiger partial charge in [-0.2, -0.15) is 15.5 Å². The van der Waals surface area contributed by atoms with Crippen molar-refractivity contribution in [1.29, 1.82) is 5.26 Å². The highest BCUT2D eigenvalue weighted by Gasteiger charge is 2.33. The summed E-state index contributed by atoms with van der Waals surface area (Å²) >= 11 is 0. The van der Waals surface area contributed by atoms with E-state index in [0.29, 0.717) is 52.6 Å². The summed E-state index contributed by atoms with van der Waals surface area (Å²) in [4.78, 5) is 42.1. The fourth-order valence-corrected chi connectivity index (χ4v) is 8.70. The Bertz CT molecular complexity index is 2390. The molecular formula is C42H45F2N9O4. The van der Waals surface area contributed by atoms with E-state index in [0.717, 1.165) is 62.8 Å². The number of fused-ring (bicyclic) bond motifs is 2. The van der Waals surface area contributed by atoms with Crippen molar-refractivity contribution in [3.8, 4) is 6.07 Å². The maximum atomic E-state index is 15.0. The first-order chi connectivity index (χ1) is 27.3. The van der Waals surface area contributed by atoms with E-state index >= 15 is 8.78 Å². The number of nitrogens with one attached hydrogen (secondary N) is 2. The van der Waals surface area contributed by atoms with E-state index in [4.69, 9.17) is 5.10 Å². The number of anilines is 1. The number of hydrogen-bond donors (Lipinski definition) is 3. The van der Waals surface area contributed by atoms with Gasteiger partial charge in [-0.25, -0.2) is 13.3 Å². The average molecular weight is 778 g/mol. The van der Waals surface area contributed by atoms with E-state index in [1.807, 2.05) is 23.0 Å². The van der Waals surface area contributed by atoms with Crippen molar-refractivity contribution in [3.63, 3.8) is 0 Å². The molecule has 0 saturated carbocycles. The van der Waals surface area contributed by atoms with Crippen molar-refractivity contribution >= 4 is 39.8 Å². The lowest BCUT2D eigenvalue weighted by Crippen LogP contribution is -2.48. The summed E-state index contributed by atoms with van der Waals surface area (Å²) in [6.07, 6.45) is 7.96. The Morgan fingerprint density at radius 1 is 1.00 bits per heavy atom. The zero-order valence-corrected chi connectivity index (χ0v) is 32.0. The Kier molecular flexibility index (Phi) is 10.4. The van der Waals surface area contributed by atoms with Gasteiger partial charge in [0, 0.05) is 60.5 Å². The number of carbonyl (C=O) groups excluding carboxylic acids is 3. The fraction of sp³-hybridized carbons (Fsp3) is 0.429. The Balaban J connectivity index is 0.857. The first-order valence-corrected chi connectivity index (χ1v) is 19.6. The summed E-state index contributed by atoms with van der Waals surface area (Å²) in [5.41, 5.74) is 2.10. The van der Waals surface area contributed by atoms with Crippen LogP contribution in [0.2, 0.25) is 0 Å². The molecule has 0 radical (unpaired) electrons. The number of hydrogen-bond acceptors (Lipinski definition) is 9. The van der Waals surface area contributed by atoms with Gasteiger partial charge >= 0.3 is 0 Å². The van der Waals surface area contributed by atoms with Crippen molar-refractivity contribution in [1.82, 2.24) is 34.5 Å². The molecule has 0 unspecified atom stereocenters. The largest absolute Gasteiger partial charge is 0.386 e. The number of likely N-dealkylation sites (tertiary alicyclic amines) is 2. The van der Waals surface area contributed by atoms with Crippen LogP contribution in [0.3, 0.4) is 0 Å². The lowest BCUT2D eigenvalue weighted by atomic mass is 9.89. The number of carbonyl (C=O) groups is 3. The van der Waals surface area contributed by atoms with Gasteiger partial charge in [-0.05, 0) is 113 Å². The summed E-state index contributed by atoms with van der Waals surface area (Å²) in [7, 11) is 0. The van der Waals surface area contributed by atoms with Crippen molar-refractivity contribution in [3.05, 3.63) is 94.4 Å². The molecule has 296 valence electrons. The number of piperidine rings is 3. The van der Waals surface area contributed by atoms with Gasteiger partial charge in [0.25, 0.3) is 5.91 Å². The second kappa shape index (κ2) is 15.4. The van der Waals surface area contributed by atoms with Crippen LogP contribution < -0.4 is 10.6 Å². The SMILES string of the molecule is CC(C)(O)c1cc2nn(C3CCN(C4CCN(CCc5cc(F)c([C@H]6CCC(=O)NC6=O)c(F)c5)CC4)CC3)cc2cc1NC(=O)c1ccc2cc(C#N)cnn12. The molecule has 3 amide bonds. The van der Waals surface area contributed by atoms with Gasteiger partial charge in [0.05, 0.1) is 40.4 Å². The van der Waals surface area contributed by atoms with Crippen molar-refractivity contribution in [2.24, 2.45) is 0 Å². The number of imide groups is 1. The molecular weight excluding hydrogens is 733 g/mol. The molecule has 3 aromatic heterocycles. The Morgan fingerprint density at radius 2 is 1.72 bits per heavy atom. The summed E-state index contributed by atoms with van der Waals surface area (Å²) in [6, 6.07) is 14.1. The zero-order chi connectivity index (χ0) is 40.0. The van der Waals surface area contributed by atoms with Gasteiger partial charge in [-0.1, -0.05) is 0 Å². The molecule has 57 heavy (non-hydrogen) atoms. The third kappa shape index (κ3) is 7.89. The van der Waals surface area contributed by atoms with E-state index in [9.17, 15) is 24.8 Å². The van der Waals surface area contributed by atoms with Crippen LogP contribution in [0, 0.1) is 23.0 Å². The number of benzene rings is 2. The van der Waals surface area contributed by atoms with Crippen molar-refractivity contribution in [2.75, 3.05) is 38.0 Å². The summed E-state index contributed by atoms with van der Waals surface area (Å²) in [5, 5.41) is 35.5. The standard InChI is InChI=1S/C42H45F2N9O4/c1-42(2,57)32-21-35-27(20-36(32)47-41(56)37-5-3-30-17-26(22-45)23-46-53(30)37)24-52(49-35)29-10-15-51(16-11-29)28-8-13-50(14-9-28)12-7-25-18-33(43)39(34(44)19-25)31-4-6-38(54)48-40(31)55/h3,5,17-21,23-24,28-29,31,57H,4,6-16H2,1-2H3,(H,47,56)(H,48,54,55)/t31-/m1/s1. The Morgan fingerprint density at radius 3 is 2.40 bits per heavy atom. The Hall–Kier alpha value is -5.56. The number of aliphatic hydroxyl groups is 1. The number of aromatic nitrogens is 4. The van der Waals surface area contributed by atoms with Crippen LogP contribution in [0.1, 0.15) is 97.1 Å². The van der Waals surface area contributed by atoms with Gasteiger partial charge in [0.1, 0.15) is 23.4 Å². The van der Waals surface area contributed by atoms with Crippen molar-refractivity contribution in [2.45, 2.75) is 82.4 Å². The van der Waals surface area contributed by atoms with Gasteiger partial charge in [-0.15, -0.1) is 0 Å². The molecule has 15 heteroatoms. The van der Waals surface area contributed by atoms with Crippen molar-refractivity contribution < 1.29 is 28.3 Å². The normalized spacial score (nSPS) is 19.3. The predicted molar refractivity (Wildman–Crippen MR) is 207 cm³/mol. The van der Waals surface area contributed by atoms with Crippen LogP contribution in [0.25, 0.3) is 16.4 Å². The van der Waals surface area contributed by atoms with Crippen LogP contribution in [-0.2, 0) is 21.6 Å². The minimum absolute atomic E-state index is 0.0593. The van der Waals surface area contributed by atoms with E-state index in [-0.39, 0.29) is 24.4 Å². The highest BCUT2D eigenvalue weighted by molar-refractivity contribution is 6.05. The molecule has 3 N–H and O–H groups in total. The molecule has 13 nitrogen and oxygen atoms in total. The maximum Gasteiger partial charge on any atom is 0.274 e. The number of rotatable bonds is 9. The van der Waals surface area contributed by atoms with Crippen LogP contribution in [0.15, 0.2) is 54.9 Å². The smallest absolute Gasteiger partial charge is 0.274 e. The quantitative estimate of drug-likeness (QED) is 0.172. The molecule has 2 aromatic carbocycles. The Labute approximate surface area is 328 Å². The van der Waals surface area contributed by atoms with E-state index in [2.05, 4.69) is 31.6 Å². The molecule has 0 aliphatic carbocycles. The maximum absolute atomic E-state index is 15.0. The lowest BCUT2D eigenvalue weighted by Gasteiger charge is -2.41. The second-order valence-corrected chi connectivity index (χ2v) is 16.1. The minimum Gasteiger partial charge on any atom is -0.386 e. The highest BCUT2D eigenvalue weighted by atomic mass is 19.1. The molecule has 3 aliphatic heterocycles. The monoisotopic (exact) mass is 777 g/mol. The number of nitriles is 1. The van der Waals surface area contributed by atoms with Crippen LogP contribution in [0.5, 0.6) is 0 Å². The summed E-state index contributed by atoms with van der Waals surface area (Å²) in [5.74, 6) is -3.95. The zero-order valence-electron chi connectivity index (χ0n) is 32.0. The molecule has 0 spiro atoms. The highest BCUT2D eigenvalue weighted by Crippen LogP contribution is 2.35.